The van der Waals surface area contributed by atoms with Gasteiger partial charge in [-0.3, -0.25) is 9.69 Å². The van der Waals surface area contributed by atoms with E-state index in [1.54, 1.807) is 0 Å². The summed E-state index contributed by atoms with van der Waals surface area (Å²) in [5, 5.41) is 3.37. The van der Waals surface area contributed by atoms with Crippen molar-refractivity contribution in [2.75, 3.05) is 26.7 Å². The summed E-state index contributed by atoms with van der Waals surface area (Å²) >= 11 is 0. The average molecular weight is 262 g/mol. The van der Waals surface area contributed by atoms with Gasteiger partial charge >= 0.3 is 0 Å². The molecule has 1 aliphatic heterocycles. The van der Waals surface area contributed by atoms with E-state index in [1.807, 2.05) is 30.3 Å². The normalized spacial score (nSPS) is 18.2. The summed E-state index contributed by atoms with van der Waals surface area (Å²) in [4.78, 5) is 13.0. The van der Waals surface area contributed by atoms with E-state index in [2.05, 4.69) is 17.3 Å². The molecule has 1 aromatic rings. The van der Waals surface area contributed by atoms with Crippen LogP contribution in [0.1, 0.15) is 24.5 Å². The first-order valence-electron chi connectivity index (χ1n) is 6.86. The summed E-state index contributed by atoms with van der Waals surface area (Å²) in [6.07, 6.45) is 2.12. The largest absolute Gasteiger partial charge is 0.458 e. The molecule has 1 aliphatic rings. The Balaban J connectivity index is 1.97. The quantitative estimate of drug-likeness (QED) is 0.790. The van der Waals surface area contributed by atoms with Gasteiger partial charge in [-0.05, 0) is 38.5 Å². The molecule has 1 fully saturated rings. The van der Waals surface area contributed by atoms with Crippen LogP contribution in [0.15, 0.2) is 30.3 Å². The van der Waals surface area contributed by atoms with E-state index in [0.717, 1.165) is 38.0 Å². The molecule has 0 bridgehead atoms. The third-order valence-electron chi connectivity index (χ3n) is 3.78. The third kappa shape index (κ3) is 4.04. The number of nitrogens with zero attached hydrogens (tertiary/aromatic N) is 1. The fourth-order valence-corrected chi connectivity index (χ4v) is 2.62. The molecule has 0 saturated carbocycles. The molecule has 4 heteroatoms. The molecule has 1 N–H and O–H groups in total. The van der Waals surface area contributed by atoms with Gasteiger partial charge < -0.3 is 10.1 Å². The highest BCUT2D eigenvalue weighted by Gasteiger charge is 2.22. The average Bonchev–Trinajstić information content (AvgIpc) is 2.48. The molecular weight excluding hydrogens is 240 g/mol. The van der Waals surface area contributed by atoms with Crippen molar-refractivity contribution < 1.29 is 9.53 Å². The Labute approximate surface area is 114 Å². The summed E-state index contributed by atoms with van der Waals surface area (Å²) < 4.78 is 5.25. The molecule has 1 aromatic carbocycles. The van der Waals surface area contributed by atoms with Crippen molar-refractivity contribution >= 4 is 6.47 Å². The Bertz CT molecular complexity index is 377. The van der Waals surface area contributed by atoms with Gasteiger partial charge in [-0.25, -0.2) is 0 Å². The standard InChI is InChI=1S/C15H22N2O2/c1-17(14-7-9-16-10-8-14)11-15(19-12-18)13-5-3-2-4-6-13/h2-6,12,14-16H,7-11H2,1H3. The predicted octanol–water partition coefficient (Wildman–Crippen LogP) is 1.58. The van der Waals surface area contributed by atoms with Gasteiger partial charge in [0.2, 0.25) is 0 Å². The summed E-state index contributed by atoms with van der Waals surface area (Å²) in [5.41, 5.74) is 1.05. The van der Waals surface area contributed by atoms with Gasteiger partial charge in [-0.15, -0.1) is 0 Å². The summed E-state index contributed by atoms with van der Waals surface area (Å²) in [6.45, 7) is 3.43. The lowest BCUT2D eigenvalue weighted by atomic mass is 10.0. The van der Waals surface area contributed by atoms with Crippen LogP contribution in [-0.2, 0) is 9.53 Å². The highest BCUT2D eigenvalue weighted by molar-refractivity contribution is 5.38. The highest BCUT2D eigenvalue weighted by atomic mass is 16.5. The van der Waals surface area contributed by atoms with Crippen LogP contribution in [0.25, 0.3) is 0 Å². The number of hydrogen-bond donors (Lipinski definition) is 1. The zero-order valence-electron chi connectivity index (χ0n) is 11.4. The summed E-state index contributed by atoms with van der Waals surface area (Å²) in [7, 11) is 2.11. The molecule has 1 atom stereocenters. The lowest BCUT2D eigenvalue weighted by Gasteiger charge is -2.33. The number of ether oxygens (including phenoxy) is 1. The van der Waals surface area contributed by atoms with Crippen molar-refractivity contribution in [3.05, 3.63) is 35.9 Å². The van der Waals surface area contributed by atoms with Crippen molar-refractivity contribution in [1.29, 1.82) is 0 Å². The molecule has 0 aliphatic carbocycles. The zero-order valence-corrected chi connectivity index (χ0v) is 11.4. The number of hydrogen-bond acceptors (Lipinski definition) is 4. The third-order valence-corrected chi connectivity index (χ3v) is 3.78. The SMILES string of the molecule is CN(CC(OC=O)c1ccccc1)C1CCNCC1. The summed E-state index contributed by atoms with van der Waals surface area (Å²) in [5.74, 6) is 0. The Morgan fingerprint density at radius 3 is 2.68 bits per heavy atom. The topological polar surface area (TPSA) is 41.6 Å². The van der Waals surface area contributed by atoms with Crippen LogP contribution in [0.5, 0.6) is 0 Å². The van der Waals surface area contributed by atoms with Crippen LogP contribution in [0.2, 0.25) is 0 Å². The maximum atomic E-state index is 10.7. The number of carbonyl (C=O) groups is 1. The predicted molar refractivity (Wildman–Crippen MR) is 74.9 cm³/mol. The van der Waals surface area contributed by atoms with Crippen LogP contribution < -0.4 is 5.32 Å². The van der Waals surface area contributed by atoms with E-state index < -0.39 is 0 Å². The van der Waals surface area contributed by atoms with Crippen molar-refractivity contribution in [2.45, 2.75) is 25.0 Å². The van der Waals surface area contributed by atoms with Crippen LogP contribution in [0, 0.1) is 0 Å². The number of likely N-dealkylation sites (N-methyl/N-ethyl adjacent to an activating group) is 1. The van der Waals surface area contributed by atoms with Crippen LogP contribution in [0.3, 0.4) is 0 Å². The minimum atomic E-state index is -0.182. The molecule has 0 aromatic heterocycles. The van der Waals surface area contributed by atoms with E-state index in [9.17, 15) is 4.79 Å². The van der Waals surface area contributed by atoms with Crippen molar-refractivity contribution in [3.8, 4) is 0 Å². The maximum absolute atomic E-state index is 10.7. The first-order chi connectivity index (χ1) is 9.31. The molecule has 1 heterocycles. The second kappa shape index (κ2) is 7.26. The lowest BCUT2D eigenvalue weighted by molar-refractivity contribution is -0.135. The Kier molecular flexibility index (Phi) is 5.36. The zero-order chi connectivity index (χ0) is 13.5. The Hall–Kier alpha value is -1.39. The van der Waals surface area contributed by atoms with Gasteiger partial charge in [-0.1, -0.05) is 30.3 Å². The number of piperidine rings is 1. The number of nitrogens with one attached hydrogen (secondary N) is 1. The van der Waals surface area contributed by atoms with Gasteiger partial charge in [0.15, 0.2) is 0 Å². The minimum absolute atomic E-state index is 0.182. The molecule has 19 heavy (non-hydrogen) atoms. The number of rotatable bonds is 6. The van der Waals surface area contributed by atoms with Gasteiger partial charge in [0.25, 0.3) is 6.47 Å². The molecule has 4 nitrogen and oxygen atoms in total. The Morgan fingerprint density at radius 2 is 2.05 bits per heavy atom. The van der Waals surface area contributed by atoms with Crippen LogP contribution >= 0.6 is 0 Å². The fourth-order valence-electron chi connectivity index (χ4n) is 2.62. The van der Waals surface area contributed by atoms with Gasteiger partial charge in [0, 0.05) is 12.6 Å². The van der Waals surface area contributed by atoms with Crippen LogP contribution in [0.4, 0.5) is 0 Å². The molecule has 104 valence electrons. The van der Waals surface area contributed by atoms with E-state index in [-0.39, 0.29) is 6.10 Å². The summed E-state index contributed by atoms with van der Waals surface area (Å²) in [6, 6.07) is 10.5. The van der Waals surface area contributed by atoms with Crippen LogP contribution in [-0.4, -0.2) is 44.1 Å². The van der Waals surface area contributed by atoms with Crippen molar-refractivity contribution in [3.63, 3.8) is 0 Å². The lowest BCUT2D eigenvalue weighted by Crippen LogP contribution is -2.42. The van der Waals surface area contributed by atoms with Gasteiger partial charge in [0.05, 0.1) is 0 Å². The second-order valence-corrected chi connectivity index (χ2v) is 5.05. The van der Waals surface area contributed by atoms with E-state index >= 15 is 0 Å². The van der Waals surface area contributed by atoms with Crippen molar-refractivity contribution in [1.82, 2.24) is 10.2 Å². The fraction of sp³-hybridized carbons (Fsp3) is 0.533. The molecule has 0 spiro atoms. The molecule has 0 amide bonds. The van der Waals surface area contributed by atoms with E-state index in [4.69, 9.17) is 4.74 Å². The molecular formula is C15H22N2O2. The molecule has 2 rings (SSSR count). The van der Waals surface area contributed by atoms with E-state index in [1.165, 1.54) is 0 Å². The molecule has 1 saturated heterocycles. The highest BCUT2D eigenvalue weighted by Crippen LogP contribution is 2.20. The monoisotopic (exact) mass is 262 g/mol. The Morgan fingerprint density at radius 1 is 1.37 bits per heavy atom. The smallest absolute Gasteiger partial charge is 0.293 e. The van der Waals surface area contributed by atoms with Gasteiger partial charge in [0.1, 0.15) is 6.10 Å². The second-order valence-electron chi connectivity index (χ2n) is 5.05. The maximum Gasteiger partial charge on any atom is 0.293 e. The number of carbonyl (C=O) groups excluding carboxylic acids is 1. The van der Waals surface area contributed by atoms with E-state index in [0.29, 0.717) is 12.5 Å². The molecule has 0 radical (unpaired) electrons. The first-order valence-corrected chi connectivity index (χ1v) is 6.86. The first kappa shape index (κ1) is 14.0. The van der Waals surface area contributed by atoms with Gasteiger partial charge in [-0.2, -0.15) is 0 Å². The molecule has 1 unspecified atom stereocenters. The van der Waals surface area contributed by atoms with Crippen molar-refractivity contribution in [2.24, 2.45) is 0 Å². The number of benzene rings is 1. The minimum Gasteiger partial charge on any atom is -0.458 e.